The van der Waals surface area contributed by atoms with Crippen LogP contribution in [0.25, 0.3) is 0 Å². The molecule has 0 spiro atoms. The van der Waals surface area contributed by atoms with Gasteiger partial charge >= 0.3 is 0 Å². The predicted molar refractivity (Wildman–Crippen MR) is 94.3 cm³/mol. The van der Waals surface area contributed by atoms with Crippen LogP contribution in [0.3, 0.4) is 0 Å². The fourth-order valence-corrected chi connectivity index (χ4v) is 2.81. The molecule has 0 nitrogen and oxygen atoms in total. The molecule has 25 heavy (non-hydrogen) atoms. The van der Waals surface area contributed by atoms with E-state index in [1.807, 2.05) is 37.3 Å². The smallest absolute Gasteiger partial charge is 0.162 e. The van der Waals surface area contributed by atoms with Gasteiger partial charge in [-0.2, -0.15) is 0 Å². The predicted octanol–water partition coefficient (Wildman–Crippen LogP) is 5.90. The Labute approximate surface area is 146 Å². The quantitative estimate of drug-likeness (QED) is 0.554. The summed E-state index contributed by atoms with van der Waals surface area (Å²) in [6.45, 7) is 3.52. The number of benzene rings is 3. The molecule has 0 fully saturated rings. The zero-order valence-electron chi connectivity index (χ0n) is 14.2. The Balaban J connectivity index is 1.80. The largest absolute Gasteiger partial charge is 0.207 e. The van der Waals surface area contributed by atoms with Gasteiger partial charge in [-0.1, -0.05) is 54.1 Å². The van der Waals surface area contributed by atoms with Crippen molar-refractivity contribution in [3.63, 3.8) is 0 Å². The van der Waals surface area contributed by atoms with E-state index >= 15 is 0 Å². The number of hydrogen-bond acceptors (Lipinski definition) is 0. The second kappa shape index (κ2) is 7.14. The molecule has 0 bridgehead atoms. The van der Waals surface area contributed by atoms with Crippen LogP contribution < -0.4 is 0 Å². The molecule has 0 aromatic heterocycles. The van der Waals surface area contributed by atoms with Gasteiger partial charge in [0.05, 0.1) is 0 Å². The summed E-state index contributed by atoms with van der Waals surface area (Å²) in [5.41, 5.74) is 3.89. The third-order valence-corrected chi connectivity index (χ3v) is 4.38. The van der Waals surface area contributed by atoms with Gasteiger partial charge in [0.25, 0.3) is 0 Å². The lowest BCUT2D eigenvalue weighted by molar-refractivity contribution is 0.494. The third kappa shape index (κ3) is 3.93. The Morgan fingerprint density at radius 1 is 0.640 bits per heavy atom. The minimum absolute atomic E-state index is 0.0275. The Morgan fingerprint density at radius 3 is 1.96 bits per heavy atom. The average molecular weight is 340 g/mol. The molecule has 3 heteroatoms. The van der Waals surface area contributed by atoms with Crippen LogP contribution in [0, 0.1) is 31.3 Å². The molecule has 0 saturated carbocycles. The number of rotatable bonds is 4. The van der Waals surface area contributed by atoms with Gasteiger partial charge in [0.2, 0.25) is 0 Å². The van der Waals surface area contributed by atoms with E-state index in [9.17, 15) is 13.2 Å². The summed E-state index contributed by atoms with van der Waals surface area (Å²) in [6, 6.07) is 16.1. The van der Waals surface area contributed by atoms with Gasteiger partial charge in [0.1, 0.15) is 5.82 Å². The number of aryl methyl sites for hydroxylation is 2. The molecule has 0 heterocycles. The number of halogens is 3. The minimum Gasteiger partial charge on any atom is -0.207 e. The summed E-state index contributed by atoms with van der Waals surface area (Å²) in [6.07, 6.45) is 0.657. The summed E-state index contributed by atoms with van der Waals surface area (Å²) >= 11 is 0. The first-order valence-electron chi connectivity index (χ1n) is 8.20. The van der Waals surface area contributed by atoms with Crippen molar-refractivity contribution in [1.29, 1.82) is 0 Å². The standard InChI is InChI=1S/C22H19F3/c1-14-3-6-16(7-4-14)11-17-8-10-18(20(23)12-17)13-19-9-5-15(2)21(24)22(19)25/h3-10,12H,11,13H2,1-2H3. The van der Waals surface area contributed by atoms with Gasteiger partial charge in [-0.3, -0.25) is 0 Å². The van der Waals surface area contributed by atoms with Crippen LogP contribution in [-0.2, 0) is 12.8 Å². The van der Waals surface area contributed by atoms with Crippen LogP contribution >= 0.6 is 0 Å². The fraction of sp³-hybridized carbons (Fsp3) is 0.182. The van der Waals surface area contributed by atoms with Crippen molar-refractivity contribution in [3.05, 3.63) is 105 Å². The highest BCUT2D eigenvalue weighted by Crippen LogP contribution is 2.21. The highest BCUT2D eigenvalue weighted by Gasteiger charge is 2.13. The Kier molecular flexibility index (Phi) is 4.93. The van der Waals surface area contributed by atoms with Crippen molar-refractivity contribution in [2.75, 3.05) is 0 Å². The summed E-state index contributed by atoms with van der Waals surface area (Å²) in [4.78, 5) is 0. The molecule has 0 radical (unpaired) electrons. The summed E-state index contributed by atoms with van der Waals surface area (Å²) in [5, 5.41) is 0. The molecule has 0 N–H and O–H groups in total. The number of hydrogen-bond donors (Lipinski definition) is 0. The summed E-state index contributed by atoms with van der Waals surface area (Å²) < 4.78 is 42.0. The van der Waals surface area contributed by atoms with Crippen LogP contribution in [0.4, 0.5) is 13.2 Å². The molecule has 0 unspecified atom stereocenters. The van der Waals surface area contributed by atoms with Crippen molar-refractivity contribution in [3.8, 4) is 0 Å². The Morgan fingerprint density at radius 2 is 1.28 bits per heavy atom. The topological polar surface area (TPSA) is 0 Å². The summed E-state index contributed by atoms with van der Waals surface area (Å²) in [5.74, 6) is -2.16. The molecule has 0 amide bonds. The van der Waals surface area contributed by atoms with Crippen molar-refractivity contribution < 1.29 is 13.2 Å². The van der Waals surface area contributed by atoms with Crippen LogP contribution in [-0.4, -0.2) is 0 Å². The maximum Gasteiger partial charge on any atom is 0.162 e. The molecule has 0 saturated heterocycles. The van der Waals surface area contributed by atoms with E-state index in [4.69, 9.17) is 0 Å². The van der Waals surface area contributed by atoms with E-state index in [0.29, 0.717) is 12.0 Å². The maximum atomic E-state index is 14.4. The minimum atomic E-state index is -0.900. The van der Waals surface area contributed by atoms with Gasteiger partial charge in [-0.25, -0.2) is 13.2 Å². The summed E-state index contributed by atoms with van der Waals surface area (Å²) in [7, 11) is 0. The maximum absolute atomic E-state index is 14.4. The van der Waals surface area contributed by atoms with E-state index in [0.717, 1.165) is 11.1 Å². The highest BCUT2D eigenvalue weighted by atomic mass is 19.2. The SMILES string of the molecule is Cc1ccc(Cc2ccc(Cc3ccc(C)c(F)c3F)c(F)c2)cc1. The first-order chi connectivity index (χ1) is 11.9. The molecular formula is C22H19F3. The van der Waals surface area contributed by atoms with Crippen LogP contribution in [0.5, 0.6) is 0 Å². The third-order valence-electron chi connectivity index (χ3n) is 4.38. The van der Waals surface area contributed by atoms with E-state index in [1.54, 1.807) is 6.07 Å². The van der Waals surface area contributed by atoms with Gasteiger partial charge in [-0.05, 0) is 54.2 Å². The molecule has 128 valence electrons. The highest BCUT2D eigenvalue weighted by molar-refractivity contribution is 5.35. The van der Waals surface area contributed by atoms with E-state index in [-0.39, 0.29) is 17.5 Å². The molecule has 0 aliphatic rings. The Hall–Kier alpha value is -2.55. The van der Waals surface area contributed by atoms with Crippen LogP contribution in [0.15, 0.2) is 54.6 Å². The van der Waals surface area contributed by atoms with Crippen molar-refractivity contribution in [2.24, 2.45) is 0 Å². The normalized spacial score (nSPS) is 10.9. The van der Waals surface area contributed by atoms with Gasteiger partial charge in [0.15, 0.2) is 11.6 Å². The van der Waals surface area contributed by atoms with E-state index < -0.39 is 17.5 Å². The van der Waals surface area contributed by atoms with E-state index in [2.05, 4.69) is 0 Å². The van der Waals surface area contributed by atoms with Crippen molar-refractivity contribution >= 4 is 0 Å². The first-order valence-corrected chi connectivity index (χ1v) is 8.20. The molecular weight excluding hydrogens is 321 g/mol. The van der Waals surface area contributed by atoms with E-state index in [1.165, 1.54) is 30.7 Å². The van der Waals surface area contributed by atoms with Crippen LogP contribution in [0.2, 0.25) is 0 Å². The monoisotopic (exact) mass is 340 g/mol. The van der Waals surface area contributed by atoms with Gasteiger partial charge in [-0.15, -0.1) is 0 Å². The average Bonchev–Trinajstić information content (AvgIpc) is 2.59. The molecule has 3 rings (SSSR count). The Bertz CT molecular complexity index is 896. The molecule has 3 aromatic rings. The first kappa shape index (κ1) is 17.3. The fourth-order valence-electron chi connectivity index (χ4n) is 2.81. The van der Waals surface area contributed by atoms with Gasteiger partial charge in [0, 0.05) is 6.42 Å². The lowest BCUT2D eigenvalue weighted by atomic mass is 9.98. The van der Waals surface area contributed by atoms with Crippen molar-refractivity contribution in [2.45, 2.75) is 26.7 Å². The van der Waals surface area contributed by atoms with Crippen LogP contribution in [0.1, 0.15) is 33.4 Å². The molecule has 3 aromatic carbocycles. The molecule has 0 aliphatic carbocycles. The molecule has 0 aliphatic heterocycles. The van der Waals surface area contributed by atoms with Crippen molar-refractivity contribution in [1.82, 2.24) is 0 Å². The zero-order chi connectivity index (χ0) is 18.0. The zero-order valence-corrected chi connectivity index (χ0v) is 14.2. The van der Waals surface area contributed by atoms with Gasteiger partial charge < -0.3 is 0 Å². The second-order valence-electron chi connectivity index (χ2n) is 6.43. The second-order valence-corrected chi connectivity index (χ2v) is 6.43. The molecule has 0 atom stereocenters. The lowest BCUT2D eigenvalue weighted by Gasteiger charge is -2.09. The lowest BCUT2D eigenvalue weighted by Crippen LogP contribution is -2.01.